The Labute approximate surface area is 140 Å². The standard InChI is InChI=1S/C16H11BrClFO3/c1-9(15(20)10-2-4-11(18)5-3-10)22-16(21)13-7-6-12(19)8-14(13)17/h2-9H,1H3/t9-/m1/s1. The van der Waals surface area contributed by atoms with E-state index in [0.29, 0.717) is 10.6 Å². The molecule has 1 atom stereocenters. The van der Waals surface area contributed by atoms with Crippen LogP contribution in [0, 0.1) is 5.82 Å². The Morgan fingerprint density at radius 3 is 2.41 bits per heavy atom. The van der Waals surface area contributed by atoms with E-state index in [2.05, 4.69) is 15.9 Å². The second-order valence-corrected chi connectivity index (χ2v) is 5.83. The van der Waals surface area contributed by atoms with Gasteiger partial charge >= 0.3 is 5.97 Å². The molecule has 2 aromatic rings. The fraction of sp³-hybridized carbons (Fsp3) is 0.125. The molecule has 0 radical (unpaired) electrons. The fourth-order valence-corrected chi connectivity index (χ4v) is 2.42. The van der Waals surface area contributed by atoms with Gasteiger partial charge in [-0.2, -0.15) is 0 Å². The van der Waals surface area contributed by atoms with Crippen LogP contribution in [0.1, 0.15) is 27.6 Å². The van der Waals surface area contributed by atoms with E-state index in [-0.39, 0.29) is 15.8 Å². The minimum Gasteiger partial charge on any atom is -0.451 e. The van der Waals surface area contributed by atoms with Crippen molar-refractivity contribution in [1.29, 1.82) is 0 Å². The molecule has 0 aromatic heterocycles. The second kappa shape index (κ2) is 7.03. The fourth-order valence-electron chi connectivity index (χ4n) is 1.78. The second-order valence-electron chi connectivity index (χ2n) is 4.54. The Morgan fingerprint density at radius 2 is 1.82 bits per heavy atom. The minimum atomic E-state index is -0.967. The SMILES string of the molecule is C[C@@H](OC(=O)c1ccc(F)cc1Br)C(=O)c1ccc(Cl)cc1. The van der Waals surface area contributed by atoms with Crippen molar-refractivity contribution in [2.75, 3.05) is 0 Å². The molecule has 0 heterocycles. The predicted molar refractivity (Wildman–Crippen MR) is 84.8 cm³/mol. The van der Waals surface area contributed by atoms with Gasteiger partial charge in [0.25, 0.3) is 0 Å². The summed E-state index contributed by atoms with van der Waals surface area (Å²) >= 11 is 8.85. The van der Waals surface area contributed by atoms with Crippen molar-refractivity contribution in [2.45, 2.75) is 13.0 Å². The molecule has 0 saturated carbocycles. The molecule has 0 bridgehead atoms. The molecule has 0 N–H and O–H groups in total. The van der Waals surface area contributed by atoms with E-state index in [4.69, 9.17) is 16.3 Å². The van der Waals surface area contributed by atoms with Crippen LogP contribution in [0.2, 0.25) is 5.02 Å². The number of hydrogen-bond acceptors (Lipinski definition) is 3. The van der Waals surface area contributed by atoms with Crippen molar-refractivity contribution < 1.29 is 18.7 Å². The van der Waals surface area contributed by atoms with E-state index >= 15 is 0 Å². The van der Waals surface area contributed by atoms with E-state index < -0.39 is 17.9 Å². The first-order chi connectivity index (χ1) is 10.4. The summed E-state index contributed by atoms with van der Waals surface area (Å²) in [6.07, 6.45) is -0.967. The third kappa shape index (κ3) is 3.93. The van der Waals surface area contributed by atoms with Crippen LogP contribution in [0.4, 0.5) is 4.39 Å². The molecule has 114 valence electrons. The highest BCUT2D eigenvalue weighted by Crippen LogP contribution is 2.20. The zero-order chi connectivity index (χ0) is 16.3. The van der Waals surface area contributed by atoms with Gasteiger partial charge in [0.05, 0.1) is 5.56 Å². The number of ketones is 1. The maximum atomic E-state index is 13.0. The van der Waals surface area contributed by atoms with E-state index in [1.54, 1.807) is 24.3 Å². The number of carbonyl (C=O) groups is 2. The number of hydrogen-bond donors (Lipinski definition) is 0. The molecule has 2 rings (SSSR count). The lowest BCUT2D eigenvalue weighted by Crippen LogP contribution is -2.24. The summed E-state index contributed by atoms with van der Waals surface area (Å²) in [5.41, 5.74) is 0.542. The van der Waals surface area contributed by atoms with Crippen LogP contribution in [0.3, 0.4) is 0 Å². The van der Waals surface area contributed by atoms with Gasteiger partial charge in [-0.15, -0.1) is 0 Å². The van der Waals surface area contributed by atoms with Crippen LogP contribution >= 0.6 is 27.5 Å². The third-order valence-corrected chi connectivity index (χ3v) is 3.84. The molecule has 0 fully saturated rings. The number of halogens is 3. The Balaban J connectivity index is 2.10. The molecular weight excluding hydrogens is 375 g/mol. The first-order valence-electron chi connectivity index (χ1n) is 6.34. The molecule has 2 aromatic carbocycles. The number of carbonyl (C=O) groups excluding carboxylic acids is 2. The van der Waals surface area contributed by atoms with Crippen LogP contribution in [0.15, 0.2) is 46.9 Å². The Kier molecular flexibility index (Phi) is 5.32. The summed E-state index contributed by atoms with van der Waals surface area (Å²) in [6, 6.07) is 9.88. The highest BCUT2D eigenvalue weighted by atomic mass is 79.9. The summed E-state index contributed by atoms with van der Waals surface area (Å²) in [5, 5.41) is 0.511. The predicted octanol–water partition coefficient (Wildman–Crippen LogP) is 4.67. The van der Waals surface area contributed by atoms with Crippen LogP contribution in [-0.2, 0) is 4.74 Å². The quantitative estimate of drug-likeness (QED) is 0.567. The summed E-state index contributed by atoms with van der Waals surface area (Å²) < 4.78 is 18.4. The summed E-state index contributed by atoms with van der Waals surface area (Å²) in [6.45, 7) is 1.48. The first-order valence-corrected chi connectivity index (χ1v) is 7.51. The lowest BCUT2D eigenvalue weighted by atomic mass is 10.1. The highest BCUT2D eigenvalue weighted by Gasteiger charge is 2.21. The molecule has 3 nitrogen and oxygen atoms in total. The Bertz CT molecular complexity index is 716. The summed E-state index contributed by atoms with van der Waals surface area (Å²) in [4.78, 5) is 24.2. The van der Waals surface area contributed by atoms with Crippen LogP contribution < -0.4 is 0 Å². The summed E-state index contributed by atoms with van der Waals surface area (Å²) in [5.74, 6) is -1.53. The zero-order valence-corrected chi connectivity index (χ0v) is 13.8. The van der Waals surface area contributed by atoms with Gasteiger partial charge in [-0.25, -0.2) is 9.18 Å². The molecule has 0 aliphatic carbocycles. The van der Waals surface area contributed by atoms with E-state index in [1.165, 1.54) is 13.0 Å². The Hall–Kier alpha value is -1.72. The van der Waals surface area contributed by atoms with Gasteiger partial charge in [0.15, 0.2) is 6.10 Å². The molecule has 0 amide bonds. The molecule has 0 spiro atoms. The van der Waals surface area contributed by atoms with Gasteiger partial charge < -0.3 is 4.74 Å². The van der Waals surface area contributed by atoms with Crippen molar-refractivity contribution >= 4 is 39.3 Å². The van der Waals surface area contributed by atoms with E-state index in [0.717, 1.165) is 12.1 Å². The number of Topliss-reactive ketones (excluding diaryl/α,β-unsaturated/α-hetero) is 1. The largest absolute Gasteiger partial charge is 0.451 e. The molecule has 0 aliphatic rings. The smallest absolute Gasteiger partial charge is 0.340 e. The van der Waals surface area contributed by atoms with Crippen molar-refractivity contribution in [1.82, 2.24) is 0 Å². The monoisotopic (exact) mass is 384 g/mol. The van der Waals surface area contributed by atoms with Crippen molar-refractivity contribution in [3.8, 4) is 0 Å². The molecule has 0 unspecified atom stereocenters. The van der Waals surface area contributed by atoms with Gasteiger partial charge in [0.1, 0.15) is 5.82 Å². The van der Waals surface area contributed by atoms with Crippen molar-refractivity contribution in [3.63, 3.8) is 0 Å². The van der Waals surface area contributed by atoms with Crippen LogP contribution in [0.5, 0.6) is 0 Å². The lowest BCUT2D eigenvalue weighted by molar-refractivity contribution is 0.0318. The number of ether oxygens (including phenoxy) is 1. The molecular formula is C16H11BrClFO3. The summed E-state index contributed by atoms with van der Waals surface area (Å²) in [7, 11) is 0. The van der Waals surface area contributed by atoms with E-state index in [9.17, 15) is 14.0 Å². The van der Waals surface area contributed by atoms with Crippen LogP contribution in [0.25, 0.3) is 0 Å². The molecule has 0 aliphatic heterocycles. The van der Waals surface area contributed by atoms with E-state index in [1.807, 2.05) is 0 Å². The zero-order valence-electron chi connectivity index (χ0n) is 11.5. The first kappa shape index (κ1) is 16.6. The molecule has 0 saturated heterocycles. The van der Waals surface area contributed by atoms with Gasteiger partial charge in [-0.3, -0.25) is 4.79 Å². The number of rotatable bonds is 4. The molecule has 22 heavy (non-hydrogen) atoms. The topological polar surface area (TPSA) is 43.4 Å². The highest BCUT2D eigenvalue weighted by molar-refractivity contribution is 9.10. The van der Waals surface area contributed by atoms with Crippen LogP contribution in [-0.4, -0.2) is 17.9 Å². The normalized spacial score (nSPS) is 11.8. The maximum Gasteiger partial charge on any atom is 0.340 e. The third-order valence-electron chi connectivity index (χ3n) is 2.93. The Morgan fingerprint density at radius 1 is 1.18 bits per heavy atom. The average Bonchev–Trinajstić information content (AvgIpc) is 2.47. The number of esters is 1. The maximum absolute atomic E-state index is 13.0. The number of benzene rings is 2. The lowest BCUT2D eigenvalue weighted by Gasteiger charge is -2.13. The average molecular weight is 386 g/mol. The van der Waals surface area contributed by atoms with Crippen molar-refractivity contribution in [3.05, 3.63) is 68.9 Å². The van der Waals surface area contributed by atoms with Crippen molar-refractivity contribution in [2.24, 2.45) is 0 Å². The van der Waals surface area contributed by atoms with Gasteiger partial charge in [0, 0.05) is 15.1 Å². The minimum absolute atomic E-state index is 0.150. The van der Waals surface area contributed by atoms with Gasteiger partial charge in [-0.1, -0.05) is 11.6 Å². The van der Waals surface area contributed by atoms with Gasteiger partial charge in [-0.05, 0) is 65.3 Å². The van der Waals surface area contributed by atoms with Gasteiger partial charge in [0.2, 0.25) is 5.78 Å². The molecule has 6 heteroatoms.